The first-order valence-corrected chi connectivity index (χ1v) is 4.03. The van der Waals surface area contributed by atoms with E-state index >= 15 is 0 Å². The molecule has 0 unspecified atom stereocenters. The third-order valence-electron chi connectivity index (χ3n) is 2.15. The van der Waals surface area contributed by atoms with Gasteiger partial charge in [-0.3, -0.25) is 4.68 Å². The number of rotatable bonds is 1. The molecular weight excluding hydrogens is 169 g/mol. The number of hydrogen-bond donors (Lipinski definition) is 1. The van der Waals surface area contributed by atoms with E-state index in [1.165, 1.54) is 12.3 Å². The zero-order chi connectivity index (χ0) is 9.42. The van der Waals surface area contributed by atoms with Gasteiger partial charge in [0.05, 0.1) is 17.1 Å². The molecule has 1 aromatic carbocycles. The summed E-state index contributed by atoms with van der Waals surface area (Å²) in [4.78, 5) is 0. The molecule has 0 atom stereocenters. The van der Waals surface area contributed by atoms with Crippen LogP contribution in [0.4, 0.5) is 4.39 Å². The van der Waals surface area contributed by atoms with Crippen LogP contribution in [0.3, 0.4) is 0 Å². The molecule has 0 spiro atoms. The maximum absolute atomic E-state index is 13.2. The molecule has 0 radical (unpaired) electrons. The first-order chi connectivity index (χ1) is 6.24. The van der Waals surface area contributed by atoms with Gasteiger partial charge >= 0.3 is 0 Å². The van der Waals surface area contributed by atoms with E-state index in [9.17, 15) is 4.39 Å². The standard InChI is InChI=1S/C9H10FN3/c1-13-9-6(4-11)2-3-8(10)7(9)5-12-13/h2-3,5H,4,11H2,1H3. The Morgan fingerprint density at radius 2 is 2.31 bits per heavy atom. The normalized spacial score (nSPS) is 11.0. The van der Waals surface area contributed by atoms with Crippen LogP contribution in [0, 0.1) is 5.82 Å². The van der Waals surface area contributed by atoms with Crippen LogP contribution in [-0.2, 0) is 13.6 Å². The highest BCUT2D eigenvalue weighted by molar-refractivity contribution is 5.82. The van der Waals surface area contributed by atoms with E-state index in [4.69, 9.17) is 5.73 Å². The van der Waals surface area contributed by atoms with Crippen LogP contribution in [0.25, 0.3) is 10.9 Å². The topological polar surface area (TPSA) is 43.8 Å². The lowest BCUT2D eigenvalue weighted by atomic mass is 10.1. The molecule has 13 heavy (non-hydrogen) atoms. The number of nitrogens with two attached hydrogens (primary N) is 1. The summed E-state index contributed by atoms with van der Waals surface area (Å²) in [5.74, 6) is -0.250. The minimum absolute atomic E-state index is 0.250. The fourth-order valence-electron chi connectivity index (χ4n) is 1.50. The fourth-order valence-corrected chi connectivity index (χ4v) is 1.50. The van der Waals surface area contributed by atoms with Crippen molar-refractivity contribution in [3.05, 3.63) is 29.7 Å². The van der Waals surface area contributed by atoms with E-state index in [1.54, 1.807) is 17.8 Å². The van der Waals surface area contributed by atoms with E-state index < -0.39 is 0 Å². The monoisotopic (exact) mass is 179 g/mol. The van der Waals surface area contributed by atoms with Crippen molar-refractivity contribution >= 4 is 10.9 Å². The van der Waals surface area contributed by atoms with Crippen molar-refractivity contribution in [1.29, 1.82) is 0 Å². The van der Waals surface area contributed by atoms with Crippen LogP contribution in [0.15, 0.2) is 18.3 Å². The Hall–Kier alpha value is -1.42. The number of halogens is 1. The van der Waals surface area contributed by atoms with Gasteiger partial charge in [-0.25, -0.2) is 4.39 Å². The molecule has 2 N–H and O–H groups in total. The Bertz CT molecular complexity index is 447. The number of hydrogen-bond acceptors (Lipinski definition) is 2. The molecule has 0 amide bonds. The maximum Gasteiger partial charge on any atom is 0.134 e. The third-order valence-corrected chi connectivity index (χ3v) is 2.15. The van der Waals surface area contributed by atoms with E-state index in [0.29, 0.717) is 11.9 Å². The molecule has 0 aliphatic carbocycles. The first-order valence-electron chi connectivity index (χ1n) is 4.03. The molecule has 0 saturated heterocycles. The van der Waals surface area contributed by atoms with Gasteiger partial charge in [-0.15, -0.1) is 0 Å². The highest BCUT2D eigenvalue weighted by Gasteiger charge is 2.08. The second-order valence-electron chi connectivity index (χ2n) is 2.94. The van der Waals surface area contributed by atoms with Crippen molar-refractivity contribution in [2.75, 3.05) is 0 Å². The van der Waals surface area contributed by atoms with Gasteiger partial charge in [0.15, 0.2) is 0 Å². The van der Waals surface area contributed by atoms with Gasteiger partial charge in [-0.05, 0) is 11.6 Å². The fraction of sp³-hybridized carbons (Fsp3) is 0.222. The summed E-state index contributed by atoms with van der Waals surface area (Å²) in [5.41, 5.74) is 7.22. The lowest BCUT2D eigenvalue weighted by Gasteiger charge is -2.02. The van der Waals surface area contributed by atoms with Gasteiger partial charge < -0.3 is 5.73 Å². The predicted octanol–water partition coefficient (Wildman–Crippen LogP) is 1.17. The van der Waals surface area contributed by atoms with E-state index in [1.807, 2.05) is 0 Å². The molecule has 0 aliphatic heterocycles. The molecule has 3 nitrogen and oxygen atoms in total. The Morgan fingerprint density at radius 1 is 1.54 bits per heavy atom. The first kappa shape index (κ1) is 8.19. The summed E-state index contributed by atoms with van der Waals surface area (Å²) in [6.45, 7) is 0.399. The van der Waals surface area contributed by atoms with Gasteiger partial charge in [0, 0.05) is 13.6 Å². The van der Waals surface area contributed by atoms with Crippen LogP contribution in [-0.4, -0.2) is 9.78 Å². The average molecular weight is 179 g/mol. The molecule has 2 rings (SSSR count). The molecule has 2 aromatic rings. The molecule has 1 aromatic heterocycles. The second kappa shape index (κ2) is 2.81. The van der Waals surface area contributed by atoms with Crippen molar-refractivity contribution in [2.45, 2.75) is 6.54 Å². The quantitative estimate of drug-likeness (QED) is 0.714. The Balaban J connectivity index is 2.88. The smallest absolute Gasteiger partial charge is 0.134 e. The predicted molar refractivity (Wildman–Crippen MR) is 48.6 cm³/mol. The van der Waals surface area contributed by atoms with E-state index in [-0.39, 0.29) is 5.82 Å². The zero-order valence-electron chi connectivity index (χ0n) is 7.29. The Labute approximate surface area is 75.0 Å². The van der Waals surface area contributed by atoms with Crippen molar-refractivity contribution in [3.8, 4) is 0 Å². The SMILES string of the molecule is Cn1ncc2c(F)ccc(CN)c21. The van der Waals surface area contributed by atoms with Crippen molar-refractivity contribution < 1.29 is 4.39 Å². The van der Waals surface area contributed by atoms with Gasteiger partial charge in [-0.1, -0.05) is 6.07 Å². The van der Waals surface area contributed by atoms with Crippen LogP contribution in [0.1, 0.15) is 5.56 Å². The largest absolute Gasteiger partial charge is 0.326 e. The van der Waals surface area contributed by atoms with Crippen molar-refractivity contribution in [3.63, 3.8) is 0 Å². The van der Waals surface area contributed by atoms with Gasteiger partial charge in [0.1, 0.15) is 5.82 Å². The Kier molecular flexibility index (Phi) is 1.77. The summed E-state index contributed by atoms with van der Waals surface area (Å²) in [5, 5.41) is 4.52. The summed E-state index contributed by atoms with van der Waals surface area (Å²) >= 11 is 0. The van der Waals surface area contributed by atoms with Gasteiger partial charge in [-0.2, -0.15) is 5.10 Å². The average Bonchev–Trinajstić information content (AvgIpc) is 2.51. The van der Waals surface area contributed by atoms with Gasteiger partial charge in [0.25, 0.3) is 0 Å². The Morgan fingerprint density at radius 3 is 3.00 bits per heavy atom. The van der Waals surface area contributed by atoms with Crippen LogP contribution in [0.2, 0.25) is 0 Å². The molecule has 0 aliphatic rings. The summed E-state index contributed by atoms with van der Waals surface area (Å²) in [6, 6.07) is 3.12. The summed E-state index contributed by atoms with van der Waals surface area (Å²) in [6.07, 6.45) is 1.52. The molecule has 0 saturated carbocycles. The van der Waals surface area contributed by atoms with Gasteiger partial charge in [0.2, 0.25) is 0 Å². The molecule has 68 valence electrons. The molecule has 0 fully saturated rings. The van der Waals surface area contributed by atoms with Crippen LogP contribution < -0.4 is 5.73 Å². The van der Waals surface area contributed by atoms with Crippen LogP contribution in [0.5, 0.6) is 0 Å². The molecule has 4 heteroatoms. The van der Waals surface area contributed by atoms with Crippen molar-refractivity contribution in [2.24, 2.45) is 12.8 Å². The maximum atomic E-state index is 13.2. The lowest BCUT2D eigenvalue weighted by Crippen LogP contribution is -2.01. The van der Waals surface area contributed by atoms with Crippen molar-refractivity contribution in [1.82, 2.24) is 9.78 Å². The minimum Gasteiger partial charge on any atom is -0.326 e. The van der Waals surface area contributed by atoms with E-state index in [0.717, 1.165) is 11.1 Å². The second-order valence-corrected chi connectivity index (χ2v) is 2.94. The summed E-state index contributed by atoms with van der Waals surface area (Å²) in [7, 11) is 1.78. The lowest BCUT2D eigenvalue weighted by molar-refractivity contribution is 0.639. The van der Waals surface area contributed by atoms with E-state index in [2.05, 4.69) is 5.10 Å². The molecule has 1 heterocycles. The summed E-state index contributed by atoms with van der Waals surface area (Å²) < 4.78 is 14.9. The number of nitrogens with zero attached hydrogens (tertiary/aromatic N) is 2. The highest BCUT2D eigenvalue weighted by atomic mass is 19.1. The third kappa shape index (κ3) is 1.10. The minimum atomic E-state index is -0.250. The van der Waals surface area contributed by atoms with Crippen LogP contribution >= 0.6 is 0 Å². The molecule has 0 bridgehead atoms. The highest BCUT2D eigenvalue weighted by Crippen LogP contribution is 2.20. The number of aryl methyl sites for hydroxylation is 1. The number of benzene rings is 1. The molecular formula is C9H10FN3. The zero-order valence-corrected chi connectivity index (χ0v) is 7.29. The number of aromatic nitrogens is 2. The number of fused-ring (bicyclic) bond motifs is 1.